The molecule has 0 amide bonds. The number of fused-ring (bicyclic) bond motifs is 2. The molecule has 0 bridgehead atoms. The van der Waals surface area contributed by atoms with Crippen molar-refractivity contribution in [1.82, 2.24) is 14.9 Å². The lowest BCUT2D eigenvalue weighted by Crippen LogP contribution is -2.23. The molecule has 0 aliphatic heterocycles. The van der Waals surface area contributed by atoms with Crippen LogP contribution in [0.4, 0.5) is 0 Å². The normalized spacial score (nSPS) is 11.3. The van der Waals surface area contributed by atoms with E-state index in [1.807, 2.05) is 48.5 Å². The monoisotopic (exact) mass is 433 g/mol. The van der Waals surface area contributed by atoms with Crippen LogP contribution in [0.25, 0.3) is 21.8 Å². The Kier molecular flexibility index (Phi) is 5.79. The zero-order valence-corrected chi connectivity index (χ0v) is 18.1. The van der Waals surface area contributed by atoms with E-state index in [9.17, 15) is 9.90 Å². The van der Waals surface area contributed by atoms with Crippen LogP contribution >= 0.6 is 0 Å². The van der Waals surface area contributed by atoms with Gasteiger partial charge < -0.3 is 5.11 Å². The highest BCUT2D eigenvalue weighted by atomic mass is 16.4. The lowest BCUT2D eigenvalue weighted by atomic mass is 10.1. The molecule has 5 rings (SSSR count). The number of para-hydroxylation sites is 2. The van der Waals surface area contributed by atoms with Crippen LogP contribution in [-0.2, 0) is 19.6 Å². The van der Waals surface area contributed by atoms with Gasteiger partial charge >= 0.3 is 5.97 Å². The van der Waals surface area contributed by atoms with E-state index < -0.39 is 5.97 Å². The third-order valence-electron chi connectivity index (χ3n) is 5.69. The zero-order chi connectivity index (χ0) is 22.6. The van der Waals surface area contributed by atoms with Crippen molar-refractivity contribution >= 4 is 27.8 Å². The Balaban J connectivity index is 1.43. The lowest BCUT2D eigenvalue weighted by molar-refractivity contribution is 0.0697. The second-order valence-corrected chi connectivity index (χ2v) is 8.14. The second kappa shape index (κ2) is 9.18. The molecule has 33 heavy (non-hydrogen) atoms. The fraction of sp³-hybridized carbons (Fsp3) is 0.107. The van der Waals surface area contributed by atoms with Crippen LogP contribution in [-0.4, -0.2) is 25.9 Å². The van der Waals surface area contributed by atoms with E-state index >= 15 is 0 Å². The van der Waals surface area contributed by atoms with Crippen molar-refractivity contribution in [2.24, 2.45) is 0 Å². The van der Waals surface area contributed by atoms with Crippen molar-refractivity contribution in [2.45, 2.75) is 19.6 Å². The van der Waals surface area contributed by atoms with E-state index in [1.54, 1.807) is 12.1 Å². The van der Waals surface area contributed by atoms with E-state index in [-0.39, 0.29) is 5.56 Å². The highest BCUT2D eigenvalue weighted by Crippen LogP contribution is 2.18. The molecule has 5 aromatic rings. The minimum atomic E-state index is -0.917. The number of hydrogen-bond donors (Lipinski definition) is 1. The number of carboxylic acids is 1. The van der Waals surface area contributed by atoms with Crippen molar-refractivity contribution in [1.29, 1.82) is 0 Å². The van der Waals surface area contributed by atoms with Gasteiger partial charge in [0, 0.05) is 30.4 Å². The largest absolute Gasteiger partial charge is 0.478 e. The van der Waals surface area contributed by atoms with Gasteiger partial charge in [0.05, 0.1) is 28.0 Å². The first-order valence-corrected chi connectivity index (χ1v) is 10.9. The molecular formula is C28H23N3O2. The van der Waals surface area contributed by atoms with E-state index in [4.69, 9.17) is 9.97 Å². The molecule has 3 aromatic carbocycles. The predicted octanol–water partition coefficient (Wildman–Crippen LogP) is 5.68. The number of benzene rings is 3. The summed E-state index contributed by atoms with van der Waals surface area (Å²) in [6, 6.07) is 31.6. The van der Waals surface area contributed by atoms with E-state index in [0.717, 1.165) is 38.8 Å². The van der Waals surface area contributed by atoms with Crippen molar-refractivity contribution in [3.05, 3.63) is 120 Å². The van der Waals surface area contributed by atoms with Gasteiger partial charge in [-0.15, -0.1) is 0 Å². The van der Waals surface area contributed by atoms with Crippen LogP contribution in [0.2, 0.25) is 0 Å². The Morgan fingerprint density at radius 3 is 1.67 bits per heavy atom. The zero-order valence-electron chi connectivity index (χ0n) is 18.1. The van der Waals surface area contributed by atoms with Crippen molar-refractivity contribution in [3.63, 3.8) is 0 Å². The van der Waals surface area contributed by atoms with E-state index in [2.05, 4.69) is 41.3 Å². The number of rotatable bonds is 7. The third-order valence-corrected chi connectivity index (χ3v) is 5.69. The van der Waals surface area contributed by atoms with Gasteiger partial charge in [0.15, 0.2) is 0 Å². The van der Waals surface area contributed by atoms with Crippen LogP contribution in [0.1, 0.15) is 27.3 Å². The molecule has 1 N–H and O–H groups in total. The molecule has 0 atom stereocenters. The van der Waals surface area contributed by atoms with Crippen molar-refractivity contribution in [3.8, 4) is 0 Å². The SMILES string of the molecule is O=C(O)c1ccc(CN(Cc2ccc3ccccc3n2)Cc2ccc3ccccc3n2)cc1. The standard InChI is InChI=1S/C28H23N3O2/c32-28(33)23-11-9-20(10-12-23)17-31(18-24-15-13-21-5-1-3-7-26(21)29-24)19-25-16-14-22-6-2-4-8-27(22)30-25/h1-16H,17-19H2,(H,32,33). The first-order valence-electron chi connectivity index (χ1n) is 10.9. The second-order valence-electron chi connectivity index (χ2n) is 8.14. The molecule has 162 valence electrons. The average molecular weight is 434 g/mol. The Hall–Kier alpha value is -4.09. The van der Waals surface area contributed by atoms with Crippen molar-refractivity contribution < 1.29 is 9.90 Å². The van der Waals surface area contributed by atoms with Gasteiger partial charge in [-0.2, -0.15) is 0 Å². The fourth-order valence-corrected chi connectivity index (χ4v) is 4.03. The van der Waals surface area contributed by atoms with Gasteiger partial charge in [-0.25, -0.2) is 4.79 Å². The first kappa shape index (κ1) is 20.8. The molecule has 0 aliphatic carbocycles. The Bertz CT molecular complexity index is 1350. The summed E-state index contributed by atoms with van der Waals surface area (Å²) in [4.78, 5) is 23.2. The molecule has 2 aromatic heterocycles. The fourth-order valence-electron chi connectivity index (χ4n) is 4.03. The Morgan fingerprint density at radius 2 is 1.15 bits per heavy atom. The number of aromatic carboxylic acids is 1. The summed E-state index contributed by atoms with van der Waals surface area (Å²) in [5.74, 6) is -0.917. The van der Waals surface area contributed by atoms with Gasteiger partial charge in [-0.1, -0.05) is 60.7 Å². The van der Waals surface area contributed by atoms with Crippen LogP contribution in [0, 0.1) is 0 Å². The average Bonchev–Trinajstić information content (AvgIpc) is 2.84. The molecule has 0 saturated carbocycles. The molecule has 0 aliphatic rings. The molecule has 0 unspecified atom stereocenters. The smallest absolute Gasteiger partial charge is 0.335 e. The maximum absolute atomic E-state index is 11.2. The molecule has 5 nitrogen and oxygen atoms in total. The Labute approximate surface area is 192 Å². The summed E-state index contributed by atoms with van der Waals surface area (Å²) in [7, 11) is 0. The molecule has 5 heteroatoms. The number of carbonyl (C=O) groups is 1. The number of aromatic nitrogens is 2. The predicted molar refractivity (Wildman–Crippen MR) is 130 cm³/mol. The third kappa shape index (κ3) is 4.89. The summed E-state index contributed by atoms with van der Waals surface area (Å²) >= 11 is 0. The topological polar surface area (TPSA) is 66.3 Å². The van der Waals surface area contributed by atoms with Gasteiger partial charge in [0.1, 0.15) is 0 Å². The summed E-state index contributed by atoms with van der Waals surface area (Å²) < 4.78 is 0. The maximum atomic E-state index is 11.2. The molecule has 2 heterocycles. The first-order chi connectivity index (χ1) is 16.1. The summed E-state index contributed by atoms with van der Waals surface area (Å²) in [5, 5.41) is 11.4. The van der Waals surface area contributed by atoms with E-state index in [1.165, 1.54) is 0 Å². The molecule has 0 spiro atoms. The van der Waals surface area contributed by atoms with Crippen LogP contribution in [0.5, 0.6) is 0 Å². The van der Waals surface area contributed by atoms with Crippen molar-refractivity contribution in [2.75, 3.05) is 0 Å². The van der Waals surface area contributed by atoms with Gasteiger partial charge in [0.25, 0.3) is 0 Å². The minimum Gasteiger partial charge on any atom is -0.478 e. The lowest BCUT2D eigenvalue weighted by Gasteiger charge is -2.22. The van der Waals surface area contributed by atoms with Gasteiger partial charge in [-0.3, -0.25) is 14.9 Å². The number of pyridine rings is 2. The van der Waals surface area contributed by atoms with Crippen LogP contribution in [0.15, 0.2) is 97.1 Å². The van der Waals surface area contributed by atoms with E-state index in [0.29, 0.717) is 19.6 Å². The molecule has 0 radical (unpaired) electrons. The number of carboxylic acid groups (broad SMARTS) is 1. The summed E-state index contributed by atoms with van der Waals surface area (Å²) in [5.41, 5.74) is 5.25. The highest BCUT2D eigenvalue weighted by molar-refractivity contribution is 5.87. The van der Waals surface area contributed by atoms with Crippen LogP contribution in [0.3, 0.4) is 0 Å². The molecular weight excluding hydrogens is 410 g/mol. The Morgan fingerprint density at radius 1 is 0.636 bits per heavy atom. The summed E-state index contributed by atoms with van der Waals surface area (Å²) in [6.45, 7) is 1.96. The minimum absolute atomic E-state index is 0.290. The van der Waals surface area contributed by atoms with Gasteiger partial charge in [0.2, 0.25) is 0 Å². The number of hydrogen-bond acceptors (Lipinski definition) is 4. The van der Waals surface area contributed by atoms with Crippen LogP contribution < -0.4 is 0 Å². The maximum Gasteiger partial charge on any atom is 0.335 e. The quantitative estimate of drug-likeness (QED) is 0.357. The molecule has 0 saturated heterocycles. The highest BCUT2D eigenvalue weighted by Gasteiger charge is 2.12. The molecule has 0 fully saturated rings. The number of nitrogens with zero attached hydrogens (tertiary/aromatic N) is 3. The van der Waals surface area contributed by atoms with Gasteiger partial charge in [-0.05, 0) is 42.0 Å². The summed E-state index contributed by atoms with van der Waals surface area (Å²) in [6.07, 6.45) is 0.